The van der Waals surface area contributed by atoms with Crippen molar-refractivity contribution in [2.45, 2.75) is 40.5 Å². The molecular weight excluding hydrogens is 218 g/mol. The molecule has 0 atom stereocenters. The minimum absolute atomic E-state index is 0.000375. The predicted molar refractivity (Wildman–Crippen MR) is 63.4 cm³/mol. The summed E-state index contributed by atoms with van der Waals surface area (Å²) in [6, 6.07) is 0. The van der Waals surface area contributed by atoms with E-state index in [1.54, 1.807) is 0 Å². The van der Waals surface area contributed by atoms with Crippen LogP contribution in [-0.2, 0) is 9.59 Å². The Labute approximate surface area is 102 Å². The van der Waals surface area contributed by atoms with Crippen molar-refractivity contribution in [3.63, 3.8) is 0 Å². The number of carbonyl (C=O) groups is 2. The quantitative estimate of drug-likeness (QED) is 0.784. The van der Waals surface area contributed by atoms with Crippen molar-refractivity contribution >= 4 is 11.9 Å². The van der Waals surface area contributed by atoms with E-state index in [9.17, 15) is 9.59 Å². The fourth-order valence-electron chi connectivity index (χ4n) is 2.83. The molecular formula is C13H21NO3. The summed E-state index contributed by atoms with van der Waals surface area (Å²) < 4.78 is 0. The fourth-order valence-corrected chi connectivity index (χ4v) is 2.83. The normalized spacial score (nSPS) is 27.3. The molecule has 2 rings (SSSR count). The summed E-state index contributed by atoms with van der Waals surface area (Å²) in [6.45, 7) is 8.62. The summed E-state index contributed by atoms with van der Waals surface area (Å²) in [5, 5.41) is 11.8. The maximum Gasteiger partial charge on any atom is 0.311 e. The monoisotopic (exact) mass is 239 g/mol. The molecule has 17 heavy (non-hydrogen) atoms. The van der Waals surface area contributed by atoms with E-state index in [0.717, 1.165) is 0 Å². The van der Waals surface area contributed by atoms with Gasteiger partial charge < -0.3 is 10.4 Å². The molecule has 4 heteroatoms. The van der Waals surface area contributed by atoms with Crippen LogP contribution in [0.4, 0.5) is 0 Å². The van der Waals surface area contributed by atoms with E-state index >= 15 is 0 Å². The molecule has 0 unspecified atom stereocenters. The lowest BCUT2D eigenvalue weighted by atomic mass is 10.0. The van der Waals surface area contributed by atoms with Gasteiger partial charge in [0.05, 0.1) is 5.41 Å². The lowest BCUT2D eigenvalue weighted by molar-refractivity contribution is -0.143. The van der Waals surface area contributed by atoms with Crippen molar-refractivity contribution < 1.29 is 14.7 Å². The first-order chi connectivity index (χ1) is 7.65. The number of carboxylic acids is 1. The number of aliphatic carboxylic acids is 1. The summed E-state index contributed by atoms with van der Waals surface area (Å²) in [4.78, 5) is 23.0. The van der Waals surface area contributed by atoms with Gasteiger partial charge in [0, 0.05) is 12.5 Å². The zero-order valence-electron chi connectivity index (χ0n) is 11.0. The second kappa shape index (κ2) is 3.24. The molecule has 2 fully saturated rings. The Morgan fingerprint density at radius 3 is 1.94 bits per heavy atom. The van der Waals surface area contributed by atoms with Crippen molar-refractivity contribution in [1.82, 2.24) is 5.32 Å². The van der Waals surface area contributed by atoms with Crippen LogP contribution in [0.3, 0.4) is 0 Å². The maximum atomic E-state index is 12.0. The van der Waals surface area contributed by atoms with E-state index < -0.39 is 11.4 Å². The number of amides is 1. The third-order valence-electron chi connectivity index (χ3n) is 5.19. The summed E-state index contributed by atoms with van der Waals surface area (Å²) in [5.74, 6) is -0.778. The number of nitrogens with one attached hydrogen (secondary N) is 1. The molecule has 2 saturated carbocycles. The molecule has 0 aromatic rings. The first kappa shape index (κ1) is 12.4. The second-order valence-electron chi connectivity index (χ2n) is 6.68. The highest BCUT2D eigenvalue weighted by Gasteiger charge is 2.68. The molecule has 0 heterocycles. The average molecular weight is 239 g/mol. The molecule has 0 bridgehead atoms. The zero-order valence-corrected chi connectivity index (χ0v) is 11.0. The third kappa shape index (κ3) is 1.65. The van der Waals surface area contributed by atoms with Crippen molar-refractivity contribution in [2.75, 3.05) is 6.54 Å². The SMILES string of the molecule is CC1(C)C(C(=O)NCC2(C(=O)O)CC2)C1(C)C. The summed E-state index contributed by atoms with van der Waals surface area (Å²) in [7, 11) is 0. The number of carbonyl (C=O) groups excluding carboxylic acids is 1. The summed E-state index contributed by atoms with van der Waals surface area (Å²) >= 11 is 0. The molecule has 4 nitrogen and oxygen atoms in total. The lowest BCUT2D eigenvalue weighted by Crippen LogP contribution is -2.36. The standard InChI is InChI=1S/C13H21NO3/c1-11(2)8(12(11,3)4)9(15)14-7-13(5-6-13)10(16)17/h8H,5-7H2,1-4H3,(H,14,15)(H,16,17). The third-order valence-corrected chi connectivity index (χ3v) is 5.19. The fraction of sp³-hybridized carbons (Fsp3) is 0.846. The van der Waals surface area contributed by atoms with Crippen molar-refractivity contribution in [1.29, 1.82) is 0 Å². The number of carboxylic acid groups (broad SMARTS) is 1. The highest BCUT2D eigenvalue weighted by Crippen LogP contribution is 2.68. The summed E-state index contributed by atoms with van der Waals surface area (Å²) in [6.07, 6.45) is 1.36. The number of hydrogen-bond donors (Lipinski definition) is 2. The van der Waals surface area contributed by atoms with Gasteiger partial charge in [0.2, 0.25) is 5.91 Å². The van der Waals surface area contributed by atoms with Crippen molar-refractivity contribution in [3.05, 3.63) is 0 Å². The Balaban J connectivity index is 1.90. The van der Waals surface area contributed by atoms with Crippen LogP contribution in [0.5, 0.6) is 0 Å². The van der Waals surface area contributed by atoms with Crippen LogP contribution in [0.15, 0.2) is 0 Å². The van der Waals surface area contributed by atoms with E-state index in [1.807, 2.05) is 0 Å². The van der Waals surface area contributed by atoms with Crippen LogP contribution >= 0.6 is 0 Å². The van der Waals surface area contributed by atoms with Gasteiger partial charge in [-0.25, -0.2) is 0 Å². The van der Waals surface area contributed by atoms with Gasteiger partial charge in [0.15, 0.2) is 0 Å². The minimum Gasteiger partial charge on any atom is -0.481 e. The first-order valence-electron chi connectivity index (χ1n) is 6.16. The van der Waals surface area contributed by atoms with Crippen LogP contribution in [0.2, 0.25) is 0 Å². The largest absolute Gasteiger partial charge is 0.481 e. The number of hydrogen-bond acceptors (Lipinski definition) is 2. The van der Waals surface area contributed by atoms with Crippen LogP contribution in [-0.4, -0.2) is 23.5 Å². The van der Waals surface area contributed by atoms with Gasteiger partial charge in [-0.05, 0) is 23.7 Å². The molecule has 0 aromatic carbocycles. The first-order valence-corrected chi connectivity index (χ1v) is 6.16. The second-order valence-corrected chi connectivity index (χ2v) is 6.68. The molecule has 1 amide bonds. The predicted octanol–water partition coefficient (Wildman–Crippen LogP) is 1.65. The van der Waals surface area contributed by atoms with Crippen molar-refractivity contribution in [2.24, 2.45) is 22.2 Å². The van der Waals surface area contributed by atoms with Crippen LogP contribution in [0.25, 0.3) is 0 Å². The van der Waals surface area contributed by atoms with E-state index in [1.165, 1.54) is 0 Å². The minimum atomic E-state index is -0.785. The molecule has 2 N–H and O–H groups in total. The van der Waals surface area contributed by atoms with Gasteiger partial charge in [-0.1, -0.05) is 27.7 Å². The molecule has 0 aliphatic heterocycles. The molecule has 0 saturated heterocycles. The smallest absolute Gasteiger partial charge is 0.311 e. The van der Waals surface area contributed by atoms with E-state index in [4.69, 9.17) is 5.11 Å². The Morgan fingerprint density at radius 2 is 1.65 bits per heavy atom. The Bertz CT molecular complexity index is 366. The van der Waals surface area contributed by atoms with E-state index in [0.29, 0.717) is 12.8 Å². The average Bonchev–Trinajstić information content (AvgIpc) is 3.01. The Hall–Kier alpha value is -1.06. The molecule has 0 spiro atoms. The Morgan fingerprint density at radius 1 is 1.18 bits per heavy atom. The highest BCUT2D eigenvalue weighted by molar-refractivity contribution is 5.85. The van der Waals surface area contributed by atoms with Gasteiger partial charge in [0.1, 0.15) is 0 Å². The highest BCUT2D eigenvalue weighted by atomic mass is 16.4. The van der Waals surface area contributed by atoms with Crippen LogP contribution < -0.4 is 5.32 Å². The summed E-state index contributed by atoms with van der Waals surface area (Å²) in [5.41, 5.74) is -0.646. The molecule has 2 aliphatic carbocycles. The van der Waals surface area contributed by atoms with Gasteiger partial charge >= 0.3 is 5.97 Å². The molecule has 96 valence electrons. The van der Waals surface area contributed by atoms with E-state index in [2.05, 4.69) is 33.0 Å². The Kier molecular flexibility index (Phi) is 2.36. The van der Waals surface area contributed by atoms with Gasteiger partial charge in [0.25, 0.3) is 0 Å². The number of rotatable bonds is 4. The topological polar surface area (TPSA) is 66.4 Å². The van der Waals surface area contributed by atoms with E-state index in [-0.39, 0.29) is 29.2 Å². The van der Waals surface area contributed by atoms with Gasteiger partial charge in [-0.3, -0.25) is 9.59 Å². The zero-order chi connectivity index (χ0) is 13.1. The molecule has 0 aromatic heterocycles. The van der Waals surface area contributed by atoms with Gasteiger partial charge in [-0.2, -0.15) is 0 Å². The lowest BCUT2D eigenvalue weighted by Gasteiger charge is -2.11. The molecule has 0 radical (unpaired) electrons. The van der Waals surface area contributed by atoms with Crippen LogP contribution in [0, 0.1) is 22.2 Å². The van der Waals surface area contributed by atoms with Gasteiger partial charge in [-0.15, -0.1) is 0 Å². The maximum absolute atomic E-state index is 12.0. The van der Waals surface area contributed by atoms with Crippen molar-refractivity contribution in [3.8, 4) is 0 Å². The van der Waals surface area contributed by atoms with Crippen LogP contribution in [0.1, 0.15) is 40.5 Å². The molecule has 2 aliphatic rings.